The first-order valence-electron chi connectivity index (χ1n) is 9.24. The summed E-state index contributed by atoms with van der Waals surface area (Å²) < 4.78 is 0. The molecule has 1 aromatic heterocycles. The van der Waals surface area contributed by atoms with E-state index in [-0.39, 0.29) is 6.71 Å². The Hall–Kier alpha value is -2.06. The van der Waals surface area contributed by atoms with Gasteiger partial charge in [0.1, 0.15) is 0 Å². The fourth-order valence-corrected chi connectivity index (χ4v) is 4.91. The quantitative estimate of drug-likeness (QED) is 0.543. The van der Waals surface area contributed by atoms with Crippen molar-refractivity contribution < 1.29 is 0 Å². The molecule has 3 rings (SSSR count). The van der Waals surface area contributed by atoms with Crippen molar-refractivity contribution in [3.05, 3.63) is 86.0 Å². The van der Waals surface area contributed by atoms with Gasteiger partial charge in [0.2, 0.25) is 6.71 Å². The third-order valence-corrected chi connectivity index (χ3v) is 5.93. The van der Waals surface area contributed by atoms with Crippen LogP contribution in [-0.4, -0.2) is 6.71 Å². The lowest BCUT2D eigenvalue weighted by Gasteiger charge is -2.21. The van der Waals surface area contributed by atoms with E-state index in [1.165, 1.54) is 49.2 Å². The van der Waals surface area contributed by atoms with E-state index in [0.29, 0.717) is 0 Å². The third-order valence-electron chi connectivity index (χ3n) is 5.09. The Morgan fingerprint density at radius 3 is 1.58 bits per heavy atom. The molecule has 0 saturated carbocycles. The molecular formula is C24H27BS. The maximum absolute atomic E-state index is 2.39. The van der Waals surface area contributed by atoms with Crippen molar-refractivity contribution in [1.82, 2.24) is 0 Å². The number of thiophene rings is 1. The van der Waals surface area contributed by atoms with Crippen molar-refractivity contribution in [3.63, 3.8) is 0 Å². The molecule has 0 bridgehead atoms. The topological polar surface area (TPSA) is 0 Å². The van der Waals surface area contributed by atoms with E-state index in [1.807, 2.05) is 0 Å². The van der Waals surface area contributed by atoms with Gasteiger partial charge in [-0.05, 0) is 53.0 Å². The highest BCUT2D eigenvalue weighted by molar-refractivity contribution is 7.11. The van der Waals surface area contributed by atoms with Crippen LogP contribution in [0.2, 0.25) is 0 Å². The van der Waals surface area contributed by atoms with Crippen LogP contribution >= 0.6 is 11.3 Å². The highest BCUT2D eigenvalue weighted by atomic mass is 32.1. The van der Waals surface area contributed by atoms with E-state index < -0.39 is 0 Å². The summed E-state index contributed by atoms with van der Waals surface area (Å²) in [5.74, 6) is 2.39. The molecule has 0 radical (unpaired) electrons. The summed E-state index contributed by atoms with van der Waals surface area (Å²) in [5.41, 5.74) is 11.1. The molecule has 3 aromatic rings. The van der Waals surface area contributed by atoms with E-state index in [2.05, 4.69) is 95.4 Å². The molecule has 0 fully saturated rings. The van der Waals surface area contributed by atoms with E-state index >= 15 is 0 Å². The minimum Gasteiger partial charge on any atom is -0.145 e. The van der Waals surface area contributed by atoms with Crippen molar-refractivity contribution >= 4 is 35.1 Å². The van der Waals surface area contributed by atoms with Gasteiger partial charge in [0.05, 0.1) is 0 Å². The van der Waals surface area contributed by atoms with Gasteiger partial charge < -0.3 is 0 Å². The maximum atomic E-state index is 2.39. The zero-order valence-electron chi connectivity index (χ0n) is 16.7. The van der Waals surface area contributed by atoms with E-state index in [0.717, 1.165) is 0 Å². The molecule has 0 nitrogen and oxygen atoms in total. The smallest absolute Gasteiger partial charge is 0.145 e. The van der Waals surface area contributed by atoms with Crippen molar-refractivity contribution in [2.75, 3.05) is 0 Å². The van der Waals surface area contributed by atoms with Crippen LogP contribution in [0.25, 0.3) is 6.08 Å². The van der Waals surface area contributed by atoms with Crippen molar-refractivity contribution in [1.29, 1.82) is 0 Å². The largest absolute Gasteiger partial charge is 0.235 e. The summed E-state index contributed by atoms with van der Waals surface area (Å²) in [5, 5.41) is 2.14. The van der Waals surface area contributed by atoms with Crippen LogP contribution in [-0.2, 0) is 0 Å². The van der Waals surface area contributed by atoms with E-state index in [1.54, 1.807) is 11.3 Å². The Morgan fingerprint density at radius 1 is 0.731 bits per heavy atom. The molecule has 132 valence electrons. The van der Waals surface area contributed by atoms with Crippen LogP contribution in [0, 0.1) is 41.5 Å². The average Bonchev–Trinajstić information content (AvgIpc) is 3.03. The van der Waals surface area contributed by atoms with Crippen molar-refractivity contribution in [3.8, 4) is 0 Å². The van der Waals surface area contributed by atoms with Crippen LogP contribution in [0.3, 0.4) is 0 Å². The summed E-state index contributed by atoms with van der Waals surface area (Å²) in [6.07, 6.45) is 2.28. The lowest BCUT2D eigenvalue weighted by molar-refractivity contribution is 1.34. The lowest BCUT2D eigenvalue weighted by atomic mass is 9.37. The first kappa shape index (κ1) is 18.7. The normalized spacial score (nSPS) is 11.3. The van der Waals surface area contributed by atoms with Gasteiger partial charge in [0.25, 0.3) is 0 Å². The maximum Gasteiger partial charge on any atom is 0.235 e. The molecule has 0 aliphatic carbocycles. The summed E-state index contributed by atoms with van der Waals surface area (Å²) in [4.78, 5) is 1.31. The minimum atomic E-state index is 0.276. The molecule has 0 atom stereocenters. The predicted molar refractivity (Wildman–Crippen MR) is 120 cm³/mol. The van der Waals surface area contributed by atoms with Gasteiger partial charge in [-0.3, -0.25) is 0 Å². The van der Waals surface area contributed by atoms with E-state index in [9.17, 15) is 0 Å². The Balaban J connectivity index is 2.21. The van der Waals surface area contributed by atoms with Gasteiger partial charge in [-0.2, -0.15) is 0 Å². The Kier molecular flexibility index (Phi) is 5.53. The third kappa shape index (κ3) is 3.86. The Labute approximate surface area is 162 Å². The fourth-order valence-electron chi connectivity index (χ4n) is 4.28. The molecule has 0 unspecified atom stereocenters. The molecule has 2 heteroatoms. The SMILES string of the molecule is Cc1cc(C)c(B(/C=C/c2cccs2)c2c(C)cc(C)cc2C)c(C)c1. The molecule has 0 saturated heterocycles. The summed E-state index contributed by atoms with van der Waals surface area (Å²) in [6, 6.07) is 13.5. The molecule has 0 N–H and O–H groups in total. The lowest BCUT2D eigenvalue weighted by Crippen LogP contribution is -2.46. The average molecular weight is 358 g/mol. The molecular weight excluding hydrogens is 331 g/mol. The number of benzene rings is 2. The molecule has 0 aliphatic rings. The van der Waals surface area contributed by atoms with Crippen LogP contribution in [0.4, 0.5) is 0 Å². The van der Waals surface area contributed by atoms with Crippen LogP contribution in [0.15, 0.2) is 47.8 Å². The predicted octanol–water partition coefficient (Wildman–Crippen LogP) is 5.46. The van der Waals surface area contributed by atoms with Crippen LogP contribution in [0.1, 0.15) is 38.3 Å². The standard InChI is InChI=1S/C24H27BS/c1-16-12-18(3)23(19(4)13-16)25(10-9-22-8-7-11-26-22)24-20(5)14-17(2)15-21(24)6/h7-15H,1-6H3/b10-9+. The number of aryl methyl sites for hydroxylation is 6. The second-order valence-electron chi connectivity index (χ2n) is 7.48. The van der Waals surface area contributed by atoms with Crippen molar-refractivity contribution in [2.24, 2.45) is 0 Å². The first-order valence-corrected chi connectivity index (χ1v) is 10.1. The Bertz CT molecular complexity index is 845. The van der Waals surface area contributed by atoms with E-state index in [4.69, 9.17) is 0 Å². The first-order chi connectivity index (χ1) is 12.4. The van der Waals surface area contributed by atoms with Gasteiger partial charge in [-0.1, -0.05) is 80.7 Å². The monoisotopic (exact) mass is 358 g/mol. The van der Waals surface area contributed by atoms with Crippen LogP contribution < -0.4 is 10.9 Å². The van der Waals surface area contributed by atoms with Gasteiger partial charge in [-0.25, -0.2) is 0 Å². The molecule has 0 aliphatic heterocycles. The molecule has 26 heavy (non-hydrogen) atoms. The molecule has 1 heterocycles. The van der Waals surface area contributed by atoms with Crippen molar-refractivity contribution in [2.45, 2.75) is 41.5 Å². The molecule has 0 amide bonds. The highest BCUT2D eigenvalue weighted by Crippen LogP contribution is 2.15. The zero-order valence-corrected chi connectivity index (χ0v) is 17.5. The molecule has 2 aromatic carbocycles. The Morgan fingerprint density at radius 2 is 1.19 bits per heavy atom. The molecule has 0 spiro atoms. The van der Waals surface area contributed by atoms with Gasteiger partial charge in [0.15, 0.2) is 0 Å². The zero-order chi connectivity index (χ0) is 18.8. The summed E-state index contributed by atoms with van der Waals surface area (Å²) in [6.45, 7) is 13.6. The fraction of sp³-hybridized carbons (Fsp3) is 0.250. The van der Waals surface area contributed by atoms with Crippen LogP contribution in [0.5, 0.6) is 0 Å². The second-order valence-corrected chi connectivity index (χ2v) is 8.46. The number of rotatable bonds is 4. The van der Waals surface area contributed by atoms with Gasteiger partial charge >= 0.3 is 0 Å². The summed E-state index contributed by atoms with van der Waals surface area (Å²) in [7, 11) is 0. The summed E-state index contributed by atoms with van der Waals surface area (Å²) >= 11 is 1.79. The van der Waals surface area contributed by atoms with Gasteiger partial charge in [-0.15, -0.1) is 17.3 Å². The minimum absolute atomic E-state index is 0.276. The number of hydrogen-bond acceptors (Lipinski definition) is 1. The second kappa shape index (κ2) is 7.67. The number of hydrogen-bond donors (Lipinski definition) is 0. The highest BCUT2D eigenvalue weighted by Gasteiger charge is 2.24. The van der Waals surface area contributed by atoms with Gasteiger partial charge in [0, 0.05) is 4.88 Å².